The minimum Gasteiger partial charge on any atom is -0.380 e. The summed E-state index contributed by atoms with van der Waals surface area (Å²) in [5.74, 6) is 0. The predicted molar refractivity (Wildman–Crippen MR) is 80.6 cm³/mol. The summed E-state index contributed by atoms with van der Waals surface area (Å²) in [6, 6.07) is 13.9. The molecule has 1 nitrogen and oxygen atoms in total. The molecule has 0 unspecified atom stereocenters. The lowest BCUT2D eigenvalue weighted by Crippen LogP contribution is -1.99. The SMILES string of the molecule is Clc1ccc(CNc2cc(Br)ccc2Br)cc1. The van der Waals surface area contributed by atoms with Crippen LogP contribution in [0.25, 0.3) is 0 Å². The zero-order valence-electron chi connectivity index (χ0n) is 8.88. The third-order valence-corrected chi connectivity index (χ3v) is 3.76. The Hall–Kier alpha value is -0.510. The summed E-state index contributed by atoms with van der Waals surface area (Å²) < 4.78 is 2.11. The normalized spacial score (nSPS) is 10.3. The fraction of sp³-hybridized carbons (Fsp3) is 0.0769. The van der Waals surface area contributed by atoms with Crippen molar-refractivity contribution in [3.8, 4) is 0 Å². The van der Waals surface area contributed by atoms with E-state index >= 15 is 0 Å². The summed E-state index contributed by atoms with van der Waals surface area (Å²) in [4.78, 5) is 0. The predicted octanol–water partition coefficient (Wildman–Crippen LogP) is 5.48. The van der Waals surface area contributed by atoms with Crippen molar-refractivity contribution in [3.63, 3.8) is 0 Å². The van der Waals surface area contributed by atoms with Crippen molar-refractivity contribution in [2.75, 3.05) is 5.32 Å². The molecule has 0 heterocycles. The van der Waals surface area contributed by atoms with Gasteiger partial charge in [0.15, 0.2) is 0 Å². The van der Waals surface area contributed by atoms with Crippen LogP contribution in [0.4, 0.5) is 5.69 Å². The van der Waals surface area contributed by atoms with Gasteiger partial charge >= 0.3 is 0 Å². The molecule has 0 fully saturated rings. The lowest BCUT2D eigenvalue weighted by atomic mass is 10.2. The van der Waals surface area contributed by atoms with E-state index in [0.717, 1.165) is 26.2 Å². The third kappa shape index (κ3) is 3.73. The molecule has 1 N–H and O–H groups in total. The van der Waals surface area contributed by atoms with Crippen molar-refractivity contribution < 1.29 is 0 Å². The Morgan fingerprint density at radius 2 is 1.71 bits per heavy atom. The van der Waals surface area contributed by atoms with Crippen LogP contribution in [0.1, 0.15) is 5.56 Å². The molecule has 0 spiro atoms. The van der Waals surface area contributed by atoms with E-state index in [1.165, 1.54) is 5.56 Å². The second-order valence-corrected chi connectivity index (χ2v) is 5.81. The second-order valence-electron chi connectivity index (χ2n) is 3.60. The maximum absolute atomic E-state index is 5.84. The van der Waals surface area contributed by atoms with Crippen LogP contribution in [-0.4, -0.2) is 0 Å². The second kappa shape index (κ2) is 5.89. The molecule has 0 saturated carbocycles. The molecule has 0 amide bonds. The fourth-order valence-electron chi connectivity index (χ4n) is 1.43. The first-order valence-corrected chi connectivity index (χ1v) is 7.05. The molecule has 2 rings (SSSR count). The van der Waals surface area contributed by atoms with Crippen LogP contribution in [0.3, 0.4) is 0 Å². The van der Waals surface area contributed by atoms with Gasteiger partial charge in [0.25, 0.3) is 0 Å². The van der Waals surface area contributed by atoms with Crippen molar-refractivity contribution in [2.24, 2.45) is 0 Å². The Bertz CT molecular complexity index is 511. The molecular formula is C13H10Br2ClN. The van der Waals surface area contributed by atoms with Crippen LogP contribution in [0, 0.1) is 0 Å². The third-order valence-electron chi connectivity index (χ3n) is 2.32. The largest absolute Gasteiger partial charge is 0.380 e. The molecular weight excluding hydrogens is 365 g/mol. The smallest absolute Gasteiger partial charge is 0.0498 e. The molecule has 0 bridgehead atoms. The van der Waals surface area contributed by atoms with E-state index in [2.05, 4.69) is 37.2 Å². The standard InChI is InChI=1S/C13H10Br2ClN/c14-10-3-6-12(15)13(7-10)17-8-9-1-4-11(16)5-2-9/h1-7,17H,8H2. The Morgan fingerprint density at radius 1 is 1.00 bits per heavy atom. The van der Waals surface area contributed by atoms with E-state index < -0.39 is 0 Å². The molecule has 0 aliphatic carbocycles. The number of rotatable bonds is 3. The minimum atomic E-state index is 0.761. The number of anilines is 1. The average molecular weight is 375 g/mol. The maximum atomic E-state index is 5.84. The van der Waals surface area contributed by atoms with Crippen molar-refractivity contribution in [2.45, 2.75) is 6.54 Å². The number of hydrogen-bond acceptors (Lipinski definition) is 1. The van der Waals surface area contributed by atoms with Crippen LogP contribution in [-0.2, 0) is 6.54 Å². The molecule has 2 aromatic rings. The average Bonchev–Trinajstić information content (AvgIpc) is 2.32. The summed E-state index contributed by atoms with van der Waals surface area (Å²) in [7, 11) is 0. The molecule has 0 saturated heterocycles. The maximum Gasteiger partial charge on any atom is 0.0498 e. The Kier molecular flexibility index (Phi) is 4.48. The van der Waals surface area contributed by atoms with Gasteiger partial charge in [-0.2, -0.15) is 0 Å². The fourth-order valence-corrected chi connectivity index (χ4v) is 2.31. The van der Waals surface area contributed by atoms with Gasteiger partial charge < -0.3 is 5.32 Å². The van der Waals surface area contributed by atoms with Crippen LogP contribution >= 0.6 is 43.5 Å². The minimum absolute atomic E-state index is 0.761. The van der Waals surface area contributed by atoms with Gasteiger partial charge in [0.2, 0.25) is 0 Å². The topological polar surface area (TPSA) is 12.0 Å². The summed E-state index contributed by atoms with van der Waals surface area (Å²) in [6.07, 6.45) is 0. The van der Waals surface area contributed by atoms with Crippen molar-refractivity contribution in [3.05, 3.63) is 62.0 Å². The van der Waals surface area contributed by atoms with Gasteiger partial charge in [-0.1, -0.05) is 39.7 Å². The van der Waals surface area contributed by atoms with Crippen LogP contribution in [0.15, 0.2) is 51.4 Å². The first kappa shape index (κ1) is 12.9. The molecule has 4 heteroatoms. The number of halogens is 3. The van der Waals surface area contributed by atoms with E-state index in [9.17, 15) is 0 Å². The van der Waals surface area contributed by atoms with E-state index in [4.69, 9.17) is 11.6 Å². The zero-order chi connectivity index (χ0) is 12.3. The first-order valence-electron chi connectivity index (χ1n) is 5.08. The van der Waals surface area contributed by atoms with Crippen LogP contribution in [0.5, 0.6) is 0 Å². The Morgan fingerprint density at radius 3 is 2.41 bits per heavy atom. The number of hydrogen-bond donors (Lipinski definition) is 1. The summed E-state index contributed by atoms with van der Waals surface area (Å²) in [5, 5.41) is 4.13. The zero-order valence-corrected chi connectivity index (χ0v) is 12.8. The van der Waals surface area contributed by atoms with E-state index in [-0.39, 0.29) is 0 Å². The molecule has 88 valence electrons. The van der Waals surface area contributed by atoms with E-state index in [0.29, 0.717) is 0 Å². The van der Waals surface area contributed by atoms with Crippen molar-refractivity contribution >= 4 is 49.1 Å². The van der Waals surface area contributed by atoms with Crippen LogP contribution in [0.2, 0.25) is 5.02 Å². The highest BCUT2D eigenvalue weighted by Gasteiger charge is 2.00. The highest BCUT2D eigenvalue weighted by Crippen LogP contribution is 2.26. The lowest BCUT2D eigenvalue weighted by Gasteiger charge is -2.09. The van der Waals surface area contributed by atoms with Crippen molar-refractivity contribution in [1.82, 2.24) is 0 Å². The van der Waals surface area contributed by atoms with Gasteiger partial charge in [-0.05, 0) is 51.8 Å². The number of benzene rings is 2. The lowest BCUT2D eigenvalue weighted by molar-refractivity contribution is 1.14. The monoisotopic (exact) mass is 373 g/mol. The highest BCUT2D eigenvalue weighted by molar-refractivity contribution is 9.11. The number of nitrogens with one attached hydrogen (secondary N) is 1. The molecule has 0 radical (unpaired) electrons. The molecule has 17 heavy (non-hydrogen) atoms. The molecule has 0 aromatic heterocycles. The van der Waals surface area contributed by atoms with Gasteiger partial charge in [0, 0.05) is 26.2 Å². The van der Waals surface area contributed by atoms with Gasteiger partial charge in [0.1, 0.15) is 0 Å². The molecule has 2 aromatic carbocycles. The summed E-state index contributed by atoms with van der Waals surface area (Å²) in [5.41, 5.74) is 2.26. The highest BCUT2D eigenvalue weighted by atomic mass is 79.9. The van der Waals surface area contributed by atoms with Gasteiger partial charge in [-0.15, -0.1) is 0 Å². The first-order chi connectivity index (χ1) is 8.15. The Labute approximate surface area is 122 Å². The quantitative estimate of drug-likeness (QED) is 0.749. The van der Waals surface area contributed by atoms with Crippen LogP contribution < -0.4 is 5.32 Å². The van der Waals surface area contributed by atoms with E-state index in [1.807, 2.05) is 42.5 Å². The summed E-state index contributed by atoms with van der Waals surface area (Å²) >= 11 is 12.8. The Balaban J connectivity index is 2.07. The molecule has 0 aliphatic rings. The summed E-state index contributed by atoms with van der Waals surface area (Å²) in [6.45, 7) is 0.770. The van der Waals surface area contributed by atoms with Gasteiger partial charge in [-0.25, -0.2) is 0 Å². The molecule has 0 atom stereocenters. The van der Waals surface area contributed by atoms with Gasteiger partial charge in [0.05, 0.1) is 0 Å². The van der Waals surface area contributed by atoms with Crippen molar-refractivity contribution in [1.29, 1.82) is 0 Å². The molecule has 0 aliphatic heterocycles. The van der Waals surface area contributed by atoms with Gasteiger partial charge in [-0.3, -0.25) is 0 Å². The van der Waals surface area contributed by atoms with E-state index in [1.54, 1.807) is 0 Å².